The normalized spacial score (nSPS) is 20.1. The van der Waals surface area contributed by atoms with Gasteiger partial charge in [-0.1, -0.05) is 23.7 Å². The molecule has 6 nitrogen and oxygen atoms in total. The average molecular weight is 547 g/mol. The third-order valence-corrected chi connectivity index (χ3v) is 7.11. The lowest BCUT2D eigenvalue weighted by molar-refractivity contribution is -0.136. The van der Waals surface area contributed by atoms with Crippen molar-refractivity contribution in [2.75, 3.05) is 13.7 Å². The van der Waals surface area contributed by atoms with Crippen LogP contribution in [0.4, 0.5) is 0 Å². The summed E-state index contributed by atoms with van der Waals surface area (Å²) in [5.41, 5.74) is 4.00. The highest BCUT2D eigenvalue weighted by atomic mass is 79.9. The molecule has 178 valence electrons. The third kappa shape index (κ3) is 4.46. The number of nitrogens with one attached hydrogen (secondary N) is 1. The van der Waals surface area contributed by atoms with Gasteiger partial charge in [-0.15, -0.1) is 0 Å². The van der Waals surface area contributed by atoms with E-state index in [-0.39, 0.29) is 23.2 Å². The van der Waals surface area contributed by atoms with E-state index < -0.39 is 11.9 Å². The van der Waals surface area contributed by atoms with Gasteiger partial charge in [-0.3, -0.25) is 4.79 Å². The van der Waals surface area contributed by atoms with Gasteiger partial charge in [-0.05, 0) is 77.5 Å². The van der Waals surface area contributed by atoms with E-state index in [1.807, 2.05) is 31.2 Å². The van der Waals surface area contributed by atoms with E-state index in [0.717, 1.165) is 11.3 Å². The molecule has 0 saturated heterocycles. The summed E-state index contributed by atoms with van der Waals surface area (Å²) in [7, 11) is 1.32. The number of rotatable bonds is 5. The van der Waals surface area contributed by atoms with Gasteiger partial charge in [0, 0.05) is 34.3 Å². The number of dihydropyridines is 1. The van der Waals surface area contributed by atoms with Crippen LogP contribution in [0.15, 0.2) is 63.4 Å². The maximum atomic E-state index is 13.6. The maximum absolute atomic E-state index is 13.6. The number of aromatic hydroxyl groups is 1. The number of Topliss-reactive ketones (excluding diaryl/α,β-unsaturated/α-hetero) is 1. The molecule has 1 heterocycles. The number of phenolic OH excluding ortho intramolecular Hbond substituents is 1. The molecule has 34 heavy (non-hydrogen) atoms. The Balaban J connectivity index is 1.85. The van der Waals surface area contributed by atoms with Gasteiger partial charge in [0.15, 0.2) is 17.3 Å². The number of hydrogen-bond acceptors (Lipinski definition) is 6. The van der Waals surface area contributed by atoms with Crippen molar-refractivity contribution in [3.63, 3.8) is 0 Å². The van der Waals surface area contributed by atoms with Crippen LogP contribution in [0.3, 0.4) is 0 Å². The zero-order chi connectivity index (χ0) is 24.6. The van der Waals surface area contributed by atoms with Crippen molar-refractivity contribution < 1.29 is 24.2 Å². The first-order chi connectivity index (χ1) is 16.2. The molecular formula is C26H25BrClNO5. The predicted octanol–water partition coefficient (Wildman–Crippen LogP) is 5.74. The molecular weight excluding hydrogens is 522 g/mol. The number of esters is 1. The van der Waals surface area contributed by atoms with Crippen LogP contribution >= 0.6 is 27.5 Å². The zero-order valence-corrected chi connectivity index (χ0v) is 21.4. The summed E-state index contributed by atoms with van der Waals surface area (Å²) < 4.78 is 11.1. The minimum absolute atomic E-state index is 0.00492. The Labute approximate surface area is 211 Å². The Bertz CT molecular complexity index is 1220. The Morgan fingerprint density at radius 2 is 1.91 bits per heavy atom. The molecule has 2 aromatic carbocycles. The Kier molecular flexibility index (Phi) is 7.05. The number of allylic oxidation sites excluding steroid dienone is 3. The van der Waals surface area contributed by atoms with Crippen molar-refractivity contribution in [3.8, 4) is 11.5 Å². The van der Waals surface area contributed by atoms with E-state index in [1.54, 1.807) is 19.1 Å². The Morgan fingerprint density at radius 1 is 1.21 bits per heavy atom. The summed E-state index contributed by atoms with van der Waals surface area (Å²) in [6, 6.07) is 10.9. The van der Waals surface area contributed by atoms with Crippen molar-refractivity contribution in [1.29, 1.82) is 0 Å². The van der Waals surface area contributed by atoms with Crippen LogP contribution in [0.5, 0.6) is 11.5 Å². The quantitative estimate of drug-likeness (QED) is 0.465. The number of hydrogen-bond donors (Lipinski definition) is 2. The van der Waals surface area contributed by atoms with Crippen molar-refractivity contribution in [2.24, 2.45) is 0 Å². The van der Waals surface area contributed by atoms with Crippen LogP contribution in [0.2, 0.25) is 5.02 Å². The van der Waals surface area contributed by atoms with Crippen LogP contribution in [-0.4, -0.2) is 30.6 Å². The lowest BCUT2D eigenvalue weighted by Crippen LogP contribution is -2.36. The summed E-state index contributed by atoms with van der Waals surface area (Å²) >= 11 is 9.43. The SMILES string of the molecule is CCOc1cc([C@@H]2C(C(=O)OC)=C(C)NC3=C2C(=O)C[C@@H](c2ccc(Cl)cc2)C3)cc(Br)c1O. The molecule has 2 atom stereocenters. The van der Waals surface area contributed by atoms with E-state index in [2.05, 4.69) is 21.2 Å². The van der Waals surface area contributed by atoms with Crippen LogP contribution < -0.4 is 10.1 Å². The monoisotopic (exact) mass is 545 g/mol. The van der Waals surface area contributed by atoms with Crippen molar-refractivity contribution in [3.05, 3.63) is 79.6 Å². The molecule has 0 bridgehead atoms. The van der Waals surface area contributed by atoms with E-state index in [0.29, 0.717) is 51.4 Å². The van der Waals surface area contributed by atoms with Gasteiger partial charge in [0.05, 0.1) is 23.8 Å². The fourth-order valence-corrected chi connectivity index (χ4v) is 5.34. The van der Waals surface area contributed by atoms with E-state index in [1.165, 1.54) is 7.11 Å². The maximum Gasteiger partial charge on any atom is 0.336 e. The summed E-state index contributed by atoms with van der Waals surface area (Å²) in [6.45, 7) is 3.97. The highest BCUT2D eigenvalue weighted by Crippen LogP contribution is 2.48. The second kappa shape index (κ2) is 9.84. The van der Waals surface area contributed by atoms with Crippen LogP contribution in [0, 0.1) is 0 Å². The topological polar surface area (TPSA) is 84.9 Å². The van der Waals surface area contributed by atoms with Gasteiger partial charge in [0.25, 0.3) is 0 Å². The molecule has 0 amide bonds. The number of phenols is 1. The Morgan fingerprint density at radius 3 is 2.56 bits per heavy atom. The molecule has 1 aliphatic heterocycles. The molecule has 2 aromatic rings. The van der Waals surface area contributed by atoms with Gasteiger partial charge in [0.1, 0.15) is 0 Å². The van der Waals surface area contributed by atoms with Gasteiger partial charge < -0.3 is 19.9 Å². The third-order valence-electron chi connectivity index (χ3n) is 6.26. The molecule has 0 unspecified atom stereocenters. The van der Waals surface area contributed by atoms with E-state index in [9.17, 15) is 14.7 Å². The number of halogens is 2. The summed E-state index contributed by atoms with van der Waals surface area (Å²) in [6.07, 6.45) is 0.923. The summed E-state index contributed by atoms with van der Waals surface area (Å²) in [5, 5.41) is 14.4. The molecule has 1 aliphatic carbocycles. The van der Waals surface area contributed by atoms with Gasteiger partial charge in [0.2, 0.25) is 0 Å². The first-order valence-electron chi connectivity index (χ1n) is 11.0. The second-order valence-corrected chi connectivity index (χ2v) is 9.63. The first kappa shape index (κ1) is 24.4. The molecule has 0 spiro atoms. The number of carbonyl (C=O) groups excluding carboxylic acids is 2. The number of ether oxygens (including phenoxy) is 2. The van der Waals surface area contributed by atoms with Gasteiger partial charge in [-0.25, -0.2) is 4.79 Å². The molecule has 0 aromatic heterocycles. The second-order valence-electron chi connectivity index (χ2n) is 8.34. The lowest BCUT2D eigenvalue weighted by atomic mass is 9.71. The number of ketones is 1. The molecule has 0 saturated carbocycles. The summed E-state index contributed by atoms with van der Waals surface area (Å²) in [5.74, 6) is -0.984. The lowest BCUT2D eigenvalue weighted by Gasteiger charge is -2.36. The highest BCUT2D eigenvalue weighted by molar-refractivity contribution is 9.10. The number of methoxy groups -OCH3 is 1. The number of carbonyl (C=O) groups is 2. The van der Waals surface area contributed by atoms with Crippen LogP contribution in [-0.2, 0) is 14.3 Å². The molecule has 8 heteroatoms. The Hall–Kier alpha value is -2.77. The fraction of sp³-hybridized carbons (Fsp3) is 0.308. The first-order valence-corrected chi connectivity index (χ1v) is 12.1. The van der Waals surface area contributed by atoms with Crippen molar-refractivity contribution in [2.45, 2.75) is 38.5 Å². The van der Waals surface area contributed by atoms with E-state index >= 15 is 0 Å². The average Bonchev–Trinajstić information content (AvgIpc) is 2.81. The molecule has 0 radical (unpaired) electrons. The molecule has 4 rings (SSSR count). The smallest absolute Gasteiger partial charge is 0.336 e. The van der Waals surface area contributed by atoms with Gasteiger partial charge >= 0.3 is 5.97 Å². The predicted molar refractivity (Wildman–Crippen MR) is 133 cm³/mol. The van der Waals surface area contributed by atoms with Crippen molar-refractivity contribution in [1.82, 2.24) is 5.32 Å². The molecule has 2 N–H and O–H groups in total. The molecule has 0 fully saturated rings. The van der Waals surface area contributed by atoms with Crippen molar-refractivity contribution >= 4 is 39.3 Å². The van der Waals surface area contributed by atoms with Crippen LogP contribution in [0.25, 0.3) is 0 Å². The van der Waals surface area contributed by atoms with E-state index in [4.69, 9.17) is 21.1 Å². The molecule has 2 aliphatic rings. The minimum Gasteiger partial charge on any atom is -0.503 e. The van der Waals surface area contributed by atoms with Crippen LogP contribution in [0.1, 0.15) is 49.7 Å². The standard InChI is InChI=1S/C26H25BrClNO5/c1-4-34-21-12-16(9-18(27)25(21)31)23-22(26(32)33-3)13(2)29-19-10-15(11-20(30)24(19)23)14-5-7-17(28)8-6-14/h5-9,12,15,23,29,31H,4,10-11H2,1-3H3/t15-,23+/m0/s1. The zero-order valence-electron chi connectivity index (χ0n) is 19.1. The van der Waals surface area contributed by atoms with Gasteiger partial charge in [-0.2, -0.15) is 0 Å². The summed E-state index contributed by atoms with van der Waals surface area (Å²) in [4.78, 5) is 26.5. The fourth-order valence-electron chi connectivity index (χ4n) is 4.75. The highest BCUT2D eigenvalue weighted by Gasteiger charge is 2.41. The minimum atomic E-state index is -0.654. The largest absolute Gasteiger partial charge is 0.503 e. The number of benzene rings is 2.